The molecule has 24 heavy (non-hydrogen) atoms. The number of aliphatic hydroxyl groups is 1. The van der Waals surface area contributed by atoms with Crippen molar-refractivity contribution in [3.05, 3.63) is 16.8 Å². The number of carbonyl (C=O) groups excluding carboxylic acids is 2. The first-order chi connectivity index (χ1) is 11.5. The zero-order valence-electron chi connectivity index (χ0n) is 13.9. The van der Waals surface area contributed by atoms with Crippen molar-refractivity contribution in [2.45, 2.75) is 50.5 Å². The van der Waals surface area contributed by atoms with Gasteiger partial charge < -0.3 is 14.9 Å². The lowest BCUT2D eigenvalue weighted by Crippen LogP contribution is -2.52. The van der Waals surface area contributed by atoms with Crippen LogP contribution in [0.5, 0.6) is 0 Å². The van der Waals surface area contributed by atoms with E-state index in [4.69, 9.17) is 0 Å². The number of carbonyl (C=O) groups is 2. The predicted molar refractivity (Wildman–Crippen MR) is 93.0 cm³/mol. The molecule has 1 unspecified atom stereocenters. The monoisotopic (exact) mass is 348 g/mol. The molecule has 1 aliphatic carbocycles. The van der Waals surface area contributed by atoms with Crippen molar-refractivity contribution >= 4 is 28.8 Å². The van der Waals surface area contributed by atoms with Crippen LogP contribution in [0.15, 0.2) is 16.8 Å². The predicted octanol–water partition coefficient (Wildman–Crippen LogP) is 2.40. The summed E-state index contributed by atoms with van der Waals surface area (Å²) in [6.45, 7) is 1.96. The van der Waals surface area contributed by atoms with E-state index in [0.29, 0.717) is 13.1 Å². The average molecular weight is 348 g/mol. The third-order valence-corrected chi connectivity index (χ3v) is 6.70. The maximum Gasteiger partial charge on any atom is 0.235 e. The zero-order chi connectivity index (χ0) is 16.8. The van der Waals surface area contributed by atoms with Crippen molar-refractivity contribution in [3.63, 3.8) is 0 Å². The number of amides is 2. The summed E-state index contributed by atoms with van der Waals surface area (Å²) >= 11 is 1.60. The lowest BCUT2D eigenvalue weighted by Gasteiger charge is -2.42. The summed E-state index contributed by atoms with van der Waals surface area (Å²) in [5.41, 5.74) is -0.226. The molecule has 0 bridgehead atoms. The molecule has 130 valence electrons. The van der Waals surface area contributed by atoms with E-state index >= 15 is 0 Å². The number of hydrogen-bond donors (Lipinski definition) is 1. The van der Waals surface area contributed by atoms with E-state index in [-0.39, 0.29) is 18.2 Å². The summed E-state index contributed by atoms with van der Waals surface area (Å²) in [5.74, 6) is 0.179. The SMILES string of the molecule is O=C(CC1(O)CCC1)N1CCCC2(CCN(c3ccsc3)C2=O)C1. The zero-order valence-corrected chi connectivity index (χ0v) is 14.7. The van der Waals surface area contributed by atoms with Crippen molar-refractivity contribution in [3.8, 4) is 0 Å². The molecule has 2 aliphatic heterocycles. The summed E-state index contributed by atoms with van der Waals surface area (Å²) in [7, 11) is 0. The van der Waals surface area contributed by atoms with Crippen molar-refractivity contribution in [2.75, 3.05) is 24.5 Å². The van der Waals surface area contributed by atoms with Gasteiger partial charge in [-0.2, -0.15) is 11.3 Å². The number of nitrogens with zero attached hydrogens (tertiary/aromatic N) is 2. The van der Waals surface area contributed by atoms with Crippen LogP contribution in [-0.4, -0.2) is 47.1 Å². The van der Waals surface area contributed by atoms with Gasteiger partial charge in [0, 0.05) is 25.0 Å². The number of piperidine rings is 1. The molecule has 2 saturated heterocycles. The van der Waals surface area contributed by atoms with Gasteiger partial charge in [0.15, 0.2) is 0 Å². The van der Waals surface area contributed by atoms with Crippen molar-refractivity contribution < 1.29 is 14.7 Å². The Morgan fingerprint density at radius 1 is 1.21 bits per heavy atom. The van der Waals surface area contributed by atoms with Crippen LogP contribution in [-0.2, 0) is 9.59 Å². The summed E-state index contributed by atoms with van der Waals surface area (Å²) < 4.78 is 0. The Bertz CT molecular complexity index is 641. The second-order valence-corrected chi connectivity index (χ2v) is 8.42. The normalized spacial score (nSPS) is 29.1. The van der Waals surface area contributed by atoms with E-state index in [9.17, 15) is 14.7 Å². The summed E-state index contributed by atoms with van der Waals surface area (Å²) in [5, 5.41) is 14.3. The van der Waals surface area contributed by atoms with Gasteiger partial charge in [-0.1, -0.05) is 0 Å². The smallest absolute Gasteiger partial charge is 0.235 e. The van der Waals surface area contributed by atoms with Gasteiger partial charge in [-0.15, -0.1) is 0 Å². The first kappa shape index (κ1) is 16.1. The van der Waals surface area contributed by atoms with Gasteiger partial charge in [0.25, 0.3) is 0 Å². The third-order valence-electron chi connectivity index (χ3n) is 6.02. The fourth-order valence-corrected chi connectivity index (χ4v) is 5.00. The van der Waals surface area contributed by atoms with Gasteiger partial charge in [-0.05, 0) is 50.0 Å². The highest BCUT2D eigenvalue weighted by molar-refractivity contribution is 7.08. The minimum atomic E-state index is -0.788. The molecule has 6 heteroatoms. The van der Waals surface area contributed by atoms with Crippen LogP contribution < -0.4 is 4.90 Å². The first-order valence-corrected chi connectivity index (χ1v) is 9.80. The number of anilines is 1. The topological polar surface area (TPSA) is 60.9 Å². The maximum absolute atomic E-state index is 13.0. The van der Waals surface area contributed by atoms with E-state index in [1.165, 1.54) is 0 Å². The molecule has 1 atom stereocenters. The van der Waals surface area contributed by atoms with Gasteiger partial charge in [-0.3, -0.25) is 9.59 Å². The van der Waals surface area contributed by atoms with Gasteiger partial charge in [0.05, 0.1) is 23.1 Å². The Morgan fingerprint density at radius 2 is 2.04 bits per heavy atom. The minimum Gasteiger partial charge on any atom is -0.389 e. The van der Waals surface area contributed by atoms with Gasteiger partial charge in [0.2, 0.25) is 11.8 Å². The highest BCUT2D eigenvalue weighted by Crippen LogP contribution is 2.43. The molecule has 1 saturated carbocycles. The third kappa shape index (κ3) is 2.65. The molecule has 1 aromatic rings. The van der Waals surface area contributed by atoms with Gasteiger partial charge in [0.1, 0.15) is 0 Å². The molecule has 3 heterocycles. The van der Waals surface area contributed by atoms with Crippen LogP contribution in [0.1, 0.15) is 44.9 Å². The fraction of sp³-hybridized carbons (Fsp3) is 0.667. The first-order valence-electron chi connectivity index (χ1n) is 8.86. The maximum atomic E-state index is 13.0. The Hall–Kier alpha value is -1.40. The Labute approximate surface area is 146 Å². The molecular formula is C18H24N2O3S. The Kier molecular flexibility index (Phi) is 3.92. The molecule has 1 aromatic heterocycles. The molecule has 0 radical (unpaired) electrons. The standard InChI is InChI=1S/C18H24N2O3S/c21-15(11-18(23)5-1-6-18)19-8-2-4-17(13-19)7-9-20(16(17)22)14-3-10-24-12-14/h3,10,12,23H,1-2,4-9,11,13H2. The van der Waals surface area contributed by atoms with Crippen LogP contribution in [0.25, 0.3) is 0 Å². The van der Waals surface area contributed by atoms with Crippen LogP contribution in [0.2, 0.25) is 0 Å². The second-order valence-electron chi connectivity index (χ2n) is 7.64. The molecule has 3 fully saturated rings. The fourth-order valence-electron chi connectivity index (χ4n) is 4.36. The summed E-state index contributed by atoms with van der Waals surface area (Å²) in [4.78, 5) is 29.4. The molecule has 1 spiro atoms. The molecule has 2 amide bonds. The lowest BCUT2D eigenvalue weighted by molar-refractivity contribution is -0.145. The van der Waals surface area contributed by atoms with Crippen molar-refractivity contribution in [1.29, 1.82) is 0 Å². The Morgan fingerprint density at radius 3 is 2.71 bits per heavy atom. The highest BCUT2D eigenvalue weighted by atomic mass is 32.1. The molecule has 5 nitrogen and oxygen atoms in total. The summed E-state index contributed by atoms with van der Waals surface area (Å²) in [6, 6.07) is 1.99. The van der Waals surface area contributed by atoms with E-state index in [1.807, 2.05) is 26.6 Å². The quantitative estimate of drug-likeness (QED) is 0.912. The molecule has 3 aliphatic rings. The van der Waals surface area contributed by atoms with E-state index in [2.05, 4.69) is 0 Å². The van der Waals surface area contributed by atoms with Gasteiger partial charge in [-0.25, -0.2) is 0 Å². The lowest BCUT2D eigenvalue weighted by atomic mass is 9.76. The van der Waals surface area contributed by atoms with Gasteiger partial charge >= 0.3 is 0 Å². The van der Waals surface area contributed by atoms with Crippen molar-refractivity contribution in [2.24, 2.45) is 5.41 Å². The van der Waals surface area contributed by atoms with E-state index in [0.717, 1.165) is 50.8 Å². The van der Waals surface area contributed by atoms with Crippen LogP contribution in [0.3, 0.4) is 0 Å². The van der Waals surface area contributed by atoms with Crippen LogP contribution in [0.4, 0.5) is 5.69 Å². The second kappa shape index (κ2) is 5.85. The number of likely N-dealkylation sites (tertiary alicyclic amines) is 1. The van der Waals surface area contributed by atoms with Crippen LogP contribution in [0, 0.1) is 5.41 Å². The molecule has 4 rings (SSSR count). The highest BCUT2D eigenvalue weighted by Gasteiger charge is 2.50. The summed E-state index contributed by atoms with van der Waals surface area (Å²) in [6.07, 6.45) is 5.21. The number of thiophene rings is 1. The minimum absolute atomic E-state index is 0.0121. The largest absolute Gasteiger partial charge is 0.389 e. The van der Waals surface area contributed by atoms with Crippen molar-refractivity contribution in [1.82, 2.24) is 4.90 Å². The van der Waals surface area contributed by atoms with Crippen LogP contribution >= 0.6 is 11.3 Å². The average Bonchev–Trinajstić information content (AvgIpc) is 3.16. The molecule has 1 N–H and O–H groups in total. The molecular weight excluding hydrogens is 324 g/mol. The van der Waals surface area contributed by atoms with E-state index < -0.39 is 11.0 Å². The molecule has 0 aromatic carbocycles. The number of rotatable bonds is 3. The number of hydrogen-bond acceptors (Lipinski definition) is 4. The Balaban J connectivity index is 1.46. The van der Waals surface area contributed by atoms with E-state index in [1.54, 1.807) is 11.3 Å².